The van der Waals surface area contributed by atoms with Gasteiger partial charge in [-0.2, -0.15) is 0 Å². The third-order valence-electron chi connectivity index (χ3n) is 3.12. The van der Waals surface area contributed by atoms with E-state index in [9.17, 15) is 4.79 Å². The van der Waals surface area contributed by atoms with E-state index in [0.29, 0.717) is 6.61 Å². The monoisotopic (exact) mass is 278 g/mol. The Bertz CT molecular complexity index is 361. The van der Waals surface area contributed by atoms with Gasteiger partial charge in [-0.1, -0.05) is 37.3 Å². The number of ether oxygens (including phenoxy) is 1. The first kappa shape index (κ1) is 16.5. The molecule has 4 heteroatoms. The lowest BCUT2D eigenvalue weighted by Gasteiger charge is -2.19. The Labute approximate surface area is 122 Å². The van der Waals surface area contributed by atoms with E-state index in [1.165, 1.54) is 0 Å². The largest absolute Gasteiger partial charge is 0.445 e. The lowest BCUT2D eigenvalue weighted by molar-refractivity contribution is 0.114. The first-order valence-corrected chi connectivity index (χ1v) is 7.32. The Morgan fingerprint density at radius 1 is 1.05 bits per heavy atom. The lowest BCUT2D eigenvalue weighted by atomic mass is 10.3. The fourth-order valence-electron chi connectivity index (χ4n) is 1.92. The van der Waals surface area contributed by atoms with Crippen molar-refractivity contribution in [3.8, 4) is 0 Å². The van der Waals surface area contributed by atoms with Crippen molar-refractivity contribution in [2.45, 2.75) is 19.8 Å². The molecule has 0 aromatic rings. The van der Waals surface area contributed by atoms with Gasteiger partial charge in [-0.15, -0.1) is 0 Å². The zero-order chi connectivity index (χ0) is 14.6. The summed E-state index contributed by atoms with van der Waals surface area (Å²) in [5, 5.41) is 0. The van der Waals surface area contributed by atoms with Gasteiger partial charge in [0, 0.05) is 19.6 Å². The summed E-state index contributed by atoms with van der Waals surface area (Å²) in [6.45, 7) is 5.92. The maximum atomic E-state index is 11.9. The number of carbonyl (C=O) groups is 1. The highest BCUT2D eigenvalue weighted by Crippen LogP contribution is 2.03. The van der Waals surface area contributed by atoms with Gasteiger partial charge in [0.05, 0.1) is 0 Å². The van der Waals surface area contributed by atoms with Crippen LogP contribution in [0.4, 0.5) is 4.79 Å². The molecule has 1 rings (SSSR count). The number of rotatable bonds is 5. The van der Waals surface area contributed by atoms with E-state index >= 15 is 0 Å². The van der Waals surface area contributed by atoms with Crippen molar-refractivity contribution in [2.75, 3.05) is 39.8 Å². The maximum absolute atomic E-state index is 11.9. The smallest absolute Gasteiger partial charge is 0.410 e. The van der Waals surface area contributed by atoms with Gasteiger partial charge in [0.1, 0.15) is 6.61 Å². The average Bonchev–Trinajstić information content (AvgIpc) is 2.66. The molecule has 0 saturated carbocycles. The highest BCUT2D eigenvalue weighted by Gasteiger charge is 2.17. The van der Waals surface area contributed by atoms with E-state index in [4.69, 9.17) is 4.74 Å². The van der Waals surface area contributed by atoms with Gasteiger partial charge in [0.2, 0.25) is 0 Å². The summed E-state index contributed by atoms with van der Waals surface area (Å²) in [6, 6.07) is 0. The Kier molecular flexibility index (Phi) is 8.47. The molecule has 1 aliphatic rings. The topological polar surface area (TPSA) is 32.8 Å². The van der Waals surface area contributed by atoms with Crippen LogP contribution >= 0.6 is 0 Å². The fraction of sp³-hybridized carbons (Fsp3) is 0.562. The van der Waals surface area contributed by atoms with Gasteiger partial charge in [-0.25, -0.2) is 4.79 Å². The van der Waals surface area contributed by atoms with Crippen molar-refractivity contribution in [3.05, 3.63) is 36.5 Å². The molecule has 1 heterocycles. The van der Waals surface area contributed by atoms with Crippen LogP contribution in [0.3, 0.4) is 0 Å². The Balaban J connectivity index is 2.20. The molecule has 0 bridgehead atoms. The van der Waals surface area contributed by atoms with E-state index in [1.54, 1.807) is 4.90 Å². The molecular weight excluding hydrogens is 252 g/mol. The zero-order valence-corrected chi connectivity index (χ0v) is 12.6. The summed E-state index contributed by atoms with van der Waals surface area (Å²) in [5.41, 5.74) is 0. The van der Waals surface area contributed by atoms with Gasteiger partial charge in [0.15, 0.2) is 0 Å². The van der Waals surface area contributed by atoms with Gasteiger partial charge in [0.25, 0.3) is 0 Å². The second kappa shape index (κ2) is 10.3. The zero-order valence-electron chi connectivity index (χ0n) is 12.6. The second-order valence-electron chi connectivity index (χ2n) is 4.87. The summed E-state index contributed by atoms with van der Waals surface area (Å²) >= 11 is 0. The van der Waals surface area contributed by atoms with Crippen molar-refractivity contribution < 1.29 is 9.53 Å². The standard InChI is InChI=1S/C16H26N2O2/c1-3-4-5-6-7-8-9-15-20-16(19)18-12-10-11-17(2)13-14-18/h4-9H,3,10-15H2,1-2H3/b5-4-,7-6-,9-8+. The summed E-state index contributed by atoms with van der Waals surface area (Å²) < 4.78 is 5.23. The van der Waals surface area contributed by atoms with Crippen LogP contribution < -0.4 is 0 Å². The first-order valence-electron chi connectivity index (χ1n) is 7.32. The molecule has 1 saturated heterocycles. The highest BCUT2D eigenvalue weighted by molar-refractivity contribution is 5.67. The van der Waals surface area contributed by atoms with Crippen LogP contribution in [0, 0.1) is 0 Å². The molecule has 1 fully saturated rings. The molecule has 1 aliphatic heterocycles. The molecule has 1 amide bonds. The number of amides is 1. The van der Waals surface area contributed by atoms with Crippen molar-refractivity contribution in [3.63, 3.8) is 0 Å². The molecule has 0 aromatic heterocycles. The molecule has 112 valence electrons. The number of likely N-dealkylation sites (N-methyl/N-ethyl adjacent to an activating group) is 1. The highest BCUT2D eigenvalue weighted by atomic mass is 16.6. The third-order valence-corrected chi connectivity index (χ3v) is 3.12. The van der Waals surface area contributed by atoms with Crippen molar-refractivity contribution in [1.82, 2.24) is 9.80 Å². The van der Waals surface area contributed by atoms with Gasteiger partial charge in [-0.05, 0) is 32.5 Å². The number of nitrogens with zero attached hydrogens (tertiary/aromatic N) is 2. The molecular formula is C16H26N2O2. The molecule has 4 nitrogen and oxygen atoms in total. The van der Waals surface area contributed by atoms with E-state index < -0.39 is 0 Å². The number of allylic oxidation sites excluding steroid dienone is 5. The quantitative estimate of drug-likeness (QED) is 0.725. The minimum Gasteiger partial charge on any atom is -0.445 e. The molecule has 0 aromatic carbocycles. The molecule has 20 heavy (non-hydrogen) atoms. The molecule has 0 spiro atoms. The van der Waals surface area contributed by atoms with E-state index in [-0.39, 0.29) is 6.09 Å². The fourth-order valence-corrected chi connectivity index (χ4v) is 1.92. The maximum Gasteiger partial charge on any atom is 0.410 e. The van der Waals surface area contributed by atoms with Crippen molar-refractivity contribution in [1.29, 1.82) is 0 Å². The summed E-state index contributed by atoms with van der Waals surface area (Å²) in [7, 11) is 2.08. The van der Waals surface area contributed by atoms with Gasteiger partial charge in [-0.3, -0.25) is 0 Å². The summed E-state index contributed by atoms with van der Waals surface area (Å²) in [5.74, 6) is 0. The number of carbonyl (C=O) groups excluding carboxylic acids is 1. The van der Waals surface area contributed by atoms with Crippen LogP contribution in [0.15, 0.2) is 36.5 Å². The third kappa shape index (κ3) is 7.14. The normalized spacial score (nSPS) is 18.2. The first-order chi connectivity index (χ1) is 9.74. The average molecular weight is 278 g/mol. The Morgan fingerprint density at radius 3 is 2.55 bits per heavy atom. The van der Waals surface area contributed by atoms with E-state index in [1.807, 2.05) is 30.4 Å². The second-order valence-corrected chi connectivity index (χ2v) is 4.87. The lowest BCUT2D eigenvalue weighted by Crippen LogP contribution is -2.34. The van der Waals surface area contributed by atoms with Crippen LogP contribution in [0.25, 0.3) is 0 Å². The van der Waals surface area contributed by atoms with Crippen molar-refractivity contribution in [2.24, 2.45) is 0 Å². The molecule has 0 radical (unpaired) electrons. The molecule has 0 atom stereocenters. The Hall–Kier alpha value is -1.55. The van der Waals surface area contributed by atoms with Crippen LogP contribution in [-0.4, -0.2) is 55.7 Å². The van der Waals surface area contributed by atoms with E-state index in [0.717, 1.165) is 39.0 Å². The predicted octanol–water partition coefficient (Wildman–Crippen LogP) is 2.84. The Morgan fingerprint density at radius 2 is 1.80 bits per heavy atom. The minimum atomic E-state index is -0.209. The number of hydrogen-bond acceptors (Lipinski definition) is 3. The summed E-state index contributed by atoms with van der Waals surface area (Å²) in [6.07, 6.45) is 13.6. The summed E-state index contributed by atoms with van der Waals surface area (Å²) in [4.78, 5) is 15.9. The van der Waals surface area contributed by atoms with Crippen LogP contribution in [0.5, 0.6) is 0 Å². The number of hydrogen-bond donors (Lipinski definition) is 0. The SMILES string of the molecule is CC\C=C/C=C\C=C\COC(=O)N1CCCN(C)CC1. The molecule has 0 aliphatic carbocycles. The van der Waals surface area contributed by atoms with Crippen LogP contribution in [-0.2, 0) is 4.74 Å². The van der Waals surface area contributed by atoms with Crippen molar-refractivity contribution >= 4 is 6.09 Å². The van der Waals surface area contributed by atoms with Crippen LogP contribution in [0.2, 0.25) is 0 Å². The van der Waals surface area contributed by atoms with Gasteiger partial charge >= 0.3 is 6.09 Å². The van der Waals surface area contributed by atoms with E-state index in [2.05, 4.69) is 24.9 Å². The molecule has 0 unspecified atom stereocenters. The van der Waals surface area contributed by atoms with Crippen LogP contribution in [0.1, 0.15) is 19.8 Å². The van der Waals surface area contributed by atoms with Gasteiger partial charge < -0.3 is 14.5 Å². The molecule has 0 N–H and O–H groups in total. The minimum absolute atomic E-state index is 0.209. The predicted molar refractivity (Wildman–Crippen MR) is 82.7 cm³/mol.